The van der Waals surface area contributed by atoms with Gasteiger partial charge in [-0.05, 0) is 48.3 Å². The predicted octanol–water partition coefficient (Wildman–Crippen LogP) is 4.16. The fourth-order valence-corrected chi connectivity index (χ4v) is 3.42. The molecule has 2 aromatic carbocycles. The lowest BCUT2D eigenvalue weighted by Crippen LogP contribution is -2.11. The quantitative estimate of drug-likeness (QED) is 0.567. The lowest BCUT2D eigenvalue weighted by Gasteiger charge is -2.04. The minimum atomic E-state index is -0.321. The van der Waals surface area contributed by atoms with Gasteiger partial charge >= 0.3 is 5.97 Å². The molecule has 1 fully saturated rings. The van der Waals surface area contributed by atoms with Gasteiger partial charge in [0.2, 0.25) is 0 Å². The SMILES string of the molecule is O=C(OCC1CC1Cc1ccccc1)c1ccn(CCc2ccccc2)n1. The molecule has 0 bridgehead atoms. The number of esters is 1. The first-order valence-electron chi connectivity index (χ1n) is 9.56. The van der Waals surface area contributed by atoms with Crippen molar-refractivity contribution >= 4 is 5.97 Å². The molecule has 1 heterocycles. The largest absolute Gasteiger partial charge is 0.461 e. The van der Waals surface area contributed by atoms with Crippen molar-refractivity contribution in [2.75, 3.05) is 6.61 Å². The second-order valence-corrected chi connectivity index (χ2v) is 7.24. The molecule has 3 aromatic rings. The van der Waals surface area contributed by atoms with Gasteiger partial charge < -0.3 is 4.74 Å². The first kappa shape index (κ1) is 17.5. The topological polar surface area (TPSA) is 44.1 Å². The van der Waals surface area contributed by atoms with E-state index in [0.29, 0.717) is 24.1 Å². The molecule has 1 aromatic heterocycles. The molecule has 1 aliphatic rings. The summed E-state index contributed by atoms with van der Waals surface area (Å²) in [5.41, 5.74) is 3.01. The van der Waals surface area contributed by atoms with Crippen LogP contribution in [0.4, 0.5) is 0 Å². The first-order valence-corrected chi connectivity index (χ1v) is 9.56. The summed E-state index contributed by atoms with van der Waals surface area (Å²) in [7, 11) is 0. The van der Waals surface area contributed by atoms with E-state index in [0.717, 1.165) is 25.8 Å². The van der Waals surface area contributed by atoms with Crippen LogP contribution >= 0.6 is 0 Å². The van der Waals surface area contributed by atoms with Gasteiger partial charge in [0.15, 0.2) is 5.69 Å². The Morgan fingerprint density at radius 2 is 1.67 bits per heavy atom. The standard InChI is InChI=1S/C23H24N2O2/c26-23(27-17-21-16-20(21)15-19-9-5-2-6-10-19)22-12-14-25(24-22)13-11-18-7-3-1-4-8-18/h1-10,12,14,20-21H,11,13,15-17H2. The highest BCUT2D eigenvalue weighted by Gasteiger charge is 2.37. The summed E-state index contributed by atoms with van der Waals surface area (Å²) < 4.78 is 7.29. The third kappa shape index (κ3) is 4.85. The Hall–Kier alpha value is -2.88. The van der Waals surface area contributed by atoms with Gasteiger partial charge in [0.25, 0.3) is 0 Å². The van der Waals surface area contributed by atoms with E-state index in [-0.39, 0.29) is 5.97 Å². The fraction of sp³-hybridized carbons (Fsp3) is 0.304. The summed E-state index contributed by atoms with van der Waals surface area (Å²) >= 11 is 0. The number of rotatable bonds is 8. The van der Waals surface area contributed by atoms with E-state index in [4.69, 9.17) is 4.74 Å². The van der Waals surface area contributed by atoms with Crippen molar-refractivity contribution in [1.82, 2.24) is 9.78 Å². The number of aromatic nitrogens is 2. The van der Waals surface area contributed by atoms with Crippen LogP contribution in [0.15, 0.2) is 72.9 Å². The average molecular weight is 360 g/mol. The van der Waals surface area contributed by atoms with E-state index in [1.54, 1.807) is 10.7 Å². The van der Waals surface area contributed by atoms with Crippen molar-refractivity contribution in [3.8, 4) is 0 Å². The van der Waals surface area contributed by atoms with E-state index in [1.165, 1.54) is 11.1 Å². The van der Waals surface area contributed by atoms with Crippen LogP contribution in [0.5, 0.6) is 0 Å². The number of carbonyl (C=O) groups is 1. The van der Waals surface area contributed by atoms with Gasteiger partial charge in [-0.15, -0.1) is 0 Å². The van der Waals surface area contributed by atoms with Crippen LogP contribution in [0.2, 0.25) is 0 Å². The minimum absolute atomic E-state index is 0.321. The highest BCUT2D eigenvalue weighted by molar-refractivity contribution is 5.87. The van der Waals surface area contributed by atoms with E-state index in [2.05, 4.69) is 41.5 Å². The number of carbonyl (C=O) groups excluding carboxylic acids is 1. The van der Waals surface area contributed by atoms with Crippen LogP contribution in [-0.4, -0.2) is 22.4 Å². The Bertz CT molecular complexity index is 874. The summed E-state index contributed by atoms with van der Waals surface area (Å²) in [5.74, 6) is 0.789. The van der Waals surface area contributed by atoms with Crippen LogP contribution < -0.4 is 0 Å². The second-order valence-electron chi connectivity index (χ2n) is 7.24. The van der Waals surface area contributed by atoms with Crippen LogP contribution in [-0.2, 0) is 24.1 Å². The van der Waals surface area contributed by atoms with Crippen molar-refractivity contribution in [2.24, 2.45) is 11.8 Å². The zero-order valence-electron chi connectivity index (χ0n) is 15.3. The fourth-order valence-electron chi connectivity index (χ4n) is 3.42. The van der Waals surface area contributed by atoms with E-state index in [1.807, 2.05) is 30.5 Å². The van der Waals surface area contributed by atoms with Crippen LogP contribution in [0, 0.1) is 11.8 Å². The Morgan fingerprint density at radius 1 is 0.963 bits per heavy atom. The summed E-state index contributed by atoms with van der Waals surface area (Å²) in [4.78, 5) is 12.2. The number of hydrogen-bond donors (Lipinski definition) is 0. The molecular weight excluding hydrogens is 336 g/mol. The molecule has 2 unspecified atom stereocenters. The van der Waals surface area contributed by atoms with Crippen molar-refractivity contribution < 1.29 is 9.53 Å². The Kier molecular flexibility index (Phi) is 5.33. The lowest BCUT2D eigenvalue weighted by atomic mass is 10.1. The van der Waals surface area contributed by atoms with Gasteiger partial charge in [-0.1, -0.05) is 60.7 Å². The zero-order chi connectivity index (χ0) is 18.5. The van der Waals surface area contributed by atoms with E-state index in [9.17, 15) is 4.79 Å². The summed E-state index contributed by atoms with van der Waals surface area (Å²) in [6, 6.07) is 22.5. The van der Waals surface area contributed by atoms with Crippen molar-refractivity contribution in [1.29, 1.82) is 0 Å². The van der Waals surface area contributed by atoms with E-state index >= 15 is 0 Å². The molecule has 0 amide bonds. The molecule has 138 valence electrons. The van der Waals surface area contributed by atoms with Gasteiger partial charge in [-0.25, -0.2) is 4.79 Å². The summed E-state index contributed by atoms with van der Waals surface area (Å²) in [6.45, 7) is 1.24. The average Bonchev–Trinajstić information content (AvgIpc) is 3.26. The number of nitrogens with zero attached hydrogens (tertiary/aromatic N) is 2. The predicted molar refractivity (Wildman–Crippen MR) is 104 cm³/mol. The first-order chi connectivity index (χ1) is 13.3. The maximum Gasteiger partial charge on any atom is 0.358 e. The molecular formula is C23H24N2O2. The number of benzene rings is 2. The normalized spacial score (nSPS) is 18.2. The molecule has 27 heavy (non-hydrogen) atoms. The number of aryl methyl sites for hydroxylation is 2. The molecule has 1 aliphatic carbocycles. The summed E-state index contributed by atoms with van der Waals surface area (Å²) in [6.07, 6.45) is 4.93. The Balaban J connectivity index is 1.21. The molecule has 2 atom stereocenters. The zero-order valence-corrected chi connectivity index (χ0v) is 15.3. The van der Waals surface area contributed by atoms with Crippen molar-refractivity contribution in [2.45, 2.75) is 25.8 Å². The maximum absolute atomic E-state index is 12.2. The minimum Gasteiger partial charge on any atom is -0.461 e. The van der Waals surface area contributed by atoms with E-state index < -0.39 is 0 Å². The number of hydrogen-bond acceptors (Lipinski definition) is 3. The highest BCUT2D eigenvalue weighted by Crippen LogP contribution is 2.41. The third-order valence-corrected chi connectivity index (χ3v) is 5.16. The highest BCUT2D eigenvalue weighted by atomic mass is 16.5. The smallest absolute Gasteiger partial charge is 0.358 e. The van der Waals surface area contributed by atoms with Gasteiger partial charge in [0.05, 0.1) is 6.61 Å². The molecule has 1 saturated carbocycles. The molecule has 0 spiro atoms. The molecule has 4 nitrogen and oxygen atoms in total. The number of ether oxygens (including phenoxy) is 1. The molecule has 0 N–H and O–H groups in total. The molecule has 4 heteroatoms. The monoisotopic (exact) mass is 360 g/mol. The van der Waals surface area contributed by atoms with Crippen molar-refractivity contribution in [3.63, 3.8) is 0 Å². The summed E-state index contributed by atoms with van der Waals surface area (Å²) in [5, 5.41) is 4.35. The Labute approximate surface area is 159 Å². The molecule has 0 saturated heterocycles. The van der Waals surface area contributed by atoms with Gasteiger partial charge in [-0.3, -0.25) is 4.68 Å². The van der Waals surface area contributed by atoms with Crippen LogP contribution in [0.3, 0.4) is 0 Å². The van der Waals surface area contributed by atoms with Gasteiger partial charge in [-0.2, -0.15) is 5.10 Å². The second kappa shape index (κ2) is 8.21. The van der Waals surface area contributed by atoms with Gasteiger partial charge in [0.1, 0.15) is 0 Å². The maximum atomic E-state index is 12.2. The van der Waals surface area contributed by atoms with Crippen molar-refractivity contribution in [3.05, 3.63) is 89.7 Å². The molecule has 0 radical (unpaired) electrons. The lowest BCUT2D eigenvalue weighted by molar-refractivity contribution is 0.0472. The third-order valence-electron chi connectivity index (χ3n) is 5.16. The van der Waals surface area contributed by atoms with Gasteiger partial charge in [0, 0.05) is 12.7 Å². The molecule has 4 rings (SSSR count). The van der Waals surface area contributed by atoms with Crippen LogP contribution in [0.25, 0.3) is 0 Å². The Morgan fingerprint density at radius 3 is 2.41 bits per heavy atom. The molecule has 0 aliphatic heterocycles. The van der Waals surface area contributed by atoms with Crippen LogP contribution in [0.1, 0.15) is 28.0 Å².